The van der Waals surface area contributed by atoms with Crippen LogP contribution in [0.1, 0.15) is 15.9 Å². The summed E-state index contributed by atoms with van der Waals surface area (Å²) in [7, 11) is 0.767. The van der Waals surface area contributed by atoms with E-state index in [0.29, 0.717) is 12.2 Å². The number of nitrogens with one attached hydrogen (secondary N) is 1. The number of anilines is 1. The zero-order valence-electron chi connectivity index (χ0n) is 15.8. The first-order chi connectivity index (χ1) is 13.2. The van der Waals surface area contributed by atoms with E-state index >= 15 is 0 Å². The van der Waals surface area contributed by atoms with Gasteiger partial charge in [-0.2, -0.15) is 0 Å². The first kappa shape index (κ1) is 21.5. The van der Waals surface area contributed by atoms with Crippen LogP contribution in [0.3, 0.4) is 0 Å². The van der Waals surface area contributed by atoms with Crippen molar-refractivity contribution in [3.8, 4) is 0 Å². The number of carbonyl (C=O) groups excluding carboxylic acids is 2. The highest BCUT2D eigenvalue weighted by atomic mass is 32.2. The van der Waals surface area contributed by atoms with Crippen LogP contribution in [0.15, 0.2) is 53.4 Å². The molecule has 2 rings (SSSR count). The Morgan fingerprint density at radius 3 is 2.46 bits per heavy atom. The number of nitrogens with zero attached hydrogens (tertiary/aromatic N) is 1. The fourth-order valence-electron chi connectivity index (χ4n) is 2.31. The van der Waals surface area contributed by atoms with Gasteiger partial charge in [-0.3, -0.25) is 4.79 Å². The summed E-state index contributed by atoms with van der Waals surface area (Å²) >= 11 is 0. The third kappa shape index (κ3) is 5.62. The molecule has 28 heavy (non-hydrogen) atoms. The highest BCUT2D eigenvalue weighted by molar-refractivity contribution is 7.89. The van der Waals surface area contributed by atoms with Crippen molar-refractivity contribution in [3.05, 3.63) is 59.7 Å². The molecule has 0 fully saturated rings. The van der Waals surface area contributed by atoms with Gasteiger partial charge in [0.25, 0.3) is 5.91 Å². The lowest BCUT2D eigenvalue weighted by Gasteiger charge is -2.12. The van der Waals surface area contributed by atoms with Gasteiger partial charge in [-0.1, -0.05) is 18.2 Å². The summed E-state index contributed by atoms with van der Waals surface area (Å²) < 4.78 is 35.4. The van der Waals surface area contributed by atoms with Gasteiger partial charge >= 0.3 is 5.97 Å². The molecule has 0 radical (unpaired) electrons. The average Bonchev–Trinajstić information content (AvgIpc) is 2.66. The van der Waals surface area contributed by atoms with Crippen molar-refractivity contribution in [2.45, 2.75) is 11.5 Å². The van der Waals surface area contributed by atoms with E-state index in [1.807, 2.05) is 6.07 Å². The van der Waals surface area contributed by atoms with E-state index < -0.39 is 28.5 Å². The van der Waals surface area contributed by atoms with Crippen LogP contribution >= 0.6 is 0 Å². The van der Waals surface area contributed by atoms with Crippen LogP contribution < -0.4 is 5.32 Å². The van der Waals surface area contributed by atoms with Crippen LogP contribution in [-0.4, -0.2) is 52.4 Å². The van der Waals surface area contributed by atoms with Crippen LogP contribution in [0.4, 0.5) is 5.69 Å². The average molecular weight is 406 g/mol. The van der Waals surface area contributed by atoms with Crippen LogP contribution in [0.25, 0.3) is 0 Å². The molecule has 0 spiro atoms. The van der Waals surface area contributed by atoms with Gasteiger partial charge in [0.05, 0.1) is 17.1 Å². The predicted molar refractivity (Wildman–Crippen MR) is 103 cm³/mol. The van der Waals surface area contributed by atoms with E-state index in [-0.39, 0.29) is 10.6 Å². The molecule has 150 valence electrons. The Balaban J connectivity index is 1.98. The lowest BCUT2D eigenvalue weighted by molar-refractivity contribution is -0.119. The number of sulfonamides is 1. The molecular formula is C19H22N2O6S. The Bertz CT molecular complexity index is 956. The Morgan fingerprint density at radius 2 is 1.79 bits per heavy atom. The molecule has 8 nitrogen and oxygen atoms in total. The van der Waals surface area contributed by atoms with Crippen molar-refractivity contribution in [2.75, 3.05) is 33.1 Å². The molecule has 0 heterocycles. The lowest BCUT2D eigenvalue weighted by Crippen LogP contribution is -2.23. The van der Waals surface area contributed by atoms with Crippen molar-refractivity contribution in [1.82, 2.24) is 4.31 Å². The Labute approximate surface area is 164 Å². The van der Waals surface area contributed by atoms with Crippen molar-refractivity contribution >= 4 is 27.6 Å². The van der Waals surface area contributed by atoms with Crippen molar-refractivity contribution < 1.29 is 27.5 Å². The van der Waals surface area contributed by atoms with Crippen molar-refractivity contribution in [1.29, 1.82) is 0 Å². The van der Waals surface area contributed by atoms with E-state index in [0.717, 1.165) is 9.87 Å². The number of rotatable bonds is 8. The standard InChI is InChI=1S/C19H22N2O6S/c1-21(2)28(24,25)17-9-5-8-16(11-17)20-18(22)13-27-19(23)15-7-4-6-14(10-15)12-26-3/h4-11H,12-13H2,1-3H3,(H,20,22). The number of hydrogen-bond donors (Lipinski definition) is 1. The van der Waals surface area contributed by atoms with Crippen LogP contribution in [-0.2, 0) is 30.9 Å². The number of methoxy groups -OCH3 is 1. The highest BCUT2D eigenvalue weighted by Crippen LogP contribution is 2.18. The summed E-state index contributed by atoms with van der Waals surface area (Å²) in [5.74, 6) is -1.22. The van der Waals surface area contributed by atoms with Gasteiger partial charge in [0.15, 0.2) is 6.61 Å². The summed E-state index contributed by atoms with van der Waals surface area (Å²) in [6.45, 7) is -0.147. The van der Waals surface area contributed by atoms with E-state index in [9.17, 15) is 18.0 Å². The first-order valence-electron chi connectivity index (χ1n) is 8.31. The summed E-state index contributed by atoms with van der Waals surface area (Å²) in [5.41, 5.74) is 1.40. The fourth-order valence-corrected chi connectivity index (χ4v) is 3.26. The monoisotopic (exact) mass is 406 g/mol. The Kier molecular flexibility index (Phi) is 7.27. The smallest absolute Gasteiger partial charge is 0.338 e. The molecule has 2 aromatic carbocycles. The summed E-state index contributed by atoms with van der Waals surface area (Å²) in [4.78, 5) is 24.2. The zero-order chi connectivity index (χ0) is 20.7. The molecule has 9 heteroatoms. The van der Waals surface area contributed by atoms with Gasteiger partial charge in [0.2, 0.25) is 10.0 Å². The zero-order valence-corrected chi connectivity index (χ0v) is 16.7. The number of amides is 1. The number of carbonyl (C=O) groups is 2. The van der Waals surface area contributed by atoms with E-state index in [2.05, 4.69) is 5.32 Å². The predicted octanol–water partition coefficient (Wildman–Crippen LogP) is 1.88. The third-order valence-corrected chi connectivity index (χ3v) is 5.52. The van der Waals surface area contributed by atoms with Crippen molar-refractivity contribution in [3.63, 3.8) is 0 Å². The third-order valence-electron chi connectivity index (χ3n) is 3.70. The Hall–Kier alpha value is -2.75. The number of benzene rings is 2. The molecule has 0 aliphatic heterocycles. The van der Waals surface area contributed by atoms with Crippen LogP contribution in [0, 0.1) is 0 Å². The number of ether oxygens (including phenoxy) is 2. The van der Waals surface area contributed by atoms with Gasteiger partial charge in [-0.15, -0.1) is 0 Å². The maximum atomic E-state index is 12.2. The number of esters is 1. The molecule has 0 unspecified atom stereocenters. The molecule has 1 N–H and O–H groups in total. The summed E-state index contributed by atoms with van der Waals surface area (Å²) in [6, 6.07) is 12.5. The first-order valence-corrected chi connectivity index (χ1v) is 9.75. The molecule has 0 bridgehead atoms. The normalized spacial score (nSPS) is 11.3. The minimum absolute atomic E-state index is 0.0438. The molecular weight excluding hydrogens is 384 g/mol. The lowest BCUT2D eigenvalue weighted by atomic mass is 10.1. The second-order valence-corrected chi connectivity index (χ2v) is 8.22. The molecule has 2 aromatic rings. The molecule has 0 atom stereocenters. The second-order valence-electron chi connectivity index (χ2n) is 6.07. The molecule has 0 saturated heterocycles. The number of hydrogen-bond acceptors (Lipinski definition) is 6. The quantitative estimate of drug-likeness (QED) is 0.672. The minimum atomic E-state index is -3.62. The molecule has 0 aliphatic rings. The summed E-state index contributed by atoms with van der Waals surface area (Å²) in [5, 5.41) is 2.51. The van der Waals surface area contributed by atoms with Crippen LogP contribution in [0.5, 0.6) is 0 Å². The van der Waals surface area contributed by atoms with E-state index in [4.69, 9.17) is 9.47 Å². The summed E-state index contributed by atoms with van der Waals surface area (Å²) in [6.07, 6.45) is 0. The highest BCUT2D eigenvalue weighted by Gasteiger charge is 2.18. The van der Waals surface area contributed by atoms with Gasteiger partial charge in [-0.05, 0) is 35.9 Å². The fraction of sp³-hybridized carbons (Fsp3) is 0.263. The molecule has 0 aliphatic carbocycles. The SMILES string of the molecule is COCc1cccc(C(=O)OCC(=O)Nc2cccc(S(=O)(=O)N(C)C)c2)c1. The van der Waals surface area contributed by atoms with Gasteiger partial charge in [0.1, 0.15) is 0 Å². The van der Waals surface area contributed by atoms with Gasteiger partial charge in [-0.25, -0.2) is 17.5 Å². The van der Waals surface area contributed by atoms with Crippen molar-refractivity contribution in [2.24, 2.45) is 0 Å². The minimum Gasteiger partial charge on any atom is -0.452 e. The maximum Gasteiger partial charge on any atom is 0.338 e. The topological polar surface area (TPSA) is 102 Å². The largest absolute Gasteiger partial charge is 0.452 e. The molecule has 0 saturated carbocycles. The maximum absolute atomic E-state index is 12.2. The molecule has 0 aromatic heterocycles. The molecule has 1 amide bonds. The van der Waals surface area contributed by atoms with E-state index in [1.165, 1.54) is 32.3 Å². The Morgan fingerprint density at radius 1 is 1.07 bits per heavy atom. The van der Waals surface area contributed by atoms with Crippen LogP contribution in [0.2, 0.25) is 0 Å². The van der Waals surface area contributed by atoms with Gasteiger partial charge in [0, 0.05) is 26.9 Å². The van der Waals surface area contributed by atoms with E-state index in [1.54, 1.807) is 31.4 Å². The second kappa shape index (κ2) is 9.45. The van der Waals surface area contributed by atoms with Gasteiger partial charge < -0.3 is 14.8 Å².